The van der Waals surface area contributed by atoms with E-state index in [-0.39, 0.29) is 5.92 Å². The highest BCUT2D eigenvalue weighted by atomic mass is 32.2. The molecule has 1 atom stereocenters. The molecule has 154 valence electrons. The van der Waals surface area contributed by atoms with Gasteiger partial charge in [0.05, 0.1) is 11.3 Å². The van der Waals surface area contributed by atoms with Crippen molar-refractivity contribution in [3.8, 4) is 0 Å². The number of anilines is 1. The molecule has 1 aromatic carbocycles. The summed E-state index contributed by atoms with van der Waals surface area (Å²) in [6, 6.07) is 5.25. The van der Waals surface area contributed by atoms with E-state index in [2.05, 4.69) is 15.5 Å². The lowest BCUT2D eigenvalue weighted by Gasteiger charge is -2.35. The summed E-state index contributed by atoms with van der Waals surface area (Å²) < 4.78 is 38.9. The first-order valence-corrected chi connectivity index (χ1v) is 10.6. The van der Waals surface area contributed by atoms with Crippen molar-refractivity contribution in [3.05, 3.63) is 29.8 Å². The number of thioether (sulfide) groups is 1. The van der Waals surface area contributed by atoms with Crippen LogP contribution < -0.4 is 10.6 Å². The van der Waals surface area contributed by atoms with Crippen molar-refractivity contribution in [2.75, 3.05) is 36.5 Å². The van der Waals surface area contributed by atoms with Gasteiger partial charge in [-0.1, -0.05) is 12.1 Å². The fourth-order valence-electron chi connectivity index (χ4n) is 3.67. The molecule has 0 radical (unpaired) electrons. The molecule has 28 heavy (non-hydrogen) atoms. The number of carbonyl (C=O) groups excluding carboxylic acids is 2. The van der Waals surface area contributed by atoms with Gasteiger partial charge < -0.3 is 10.6 Å². The Balaban J connectivity index is 1.45. The number of hydrogen-bond donors (Lipinski definition) is 2. The van der Waals surface area contributed by atoms with Crippen molar-refractivity contribution >= 4 is 29.3 Å². The van der Waals surface area contributed by atoms with Gasteiger partial charge in [-0.25, -0.2) is 0 Å². The van der Waals surface area contributed by atoms with Crippen molar-refractivity contribution in [2.45, 2.75) is 31.5 Å². The third-order valence-electron chi connectivity index (χ3n) is 5.31. The summed E-state index contributed by atoms with van der Waals surface area (Å²) in [7, 11) is 0. The number of carbonyl (C=O) groups is 2. The predicted molar refractivity (Wildman–Crippen MR) is 103 cm³/mol. The van der Waals surface area contributed by atoms with E-state index >= 15 is 0 Å². The Labute approximate surface area is 166 Å². The molecule has 0 aromatic heterocycles. The number of rotatable bonds is 4. The van der Waals surface area contributed by atoms with Gasteiger partial charge in [0.25, 0.3) is 0 Å². The van der Waals surface area contributed by atoms with E-state index in [1.54, 1.807) is 0 Å². The smallest absolute Gasteiger partial charge is 0.348 e. The first-order valence-electron chi connectivity index (χ1n) is 9.42. The second-order valence-corrected chi connectivity index (χ2v) is 8.35. The quantitative estimate of drug-likeness (QED) is 0.743. The second kappa shape index (κ2) is 9.17. The Bertz CT molecular complexity index is 700. The number of para-hydroxylation sites is 1. The Morgan fingerprint density at radius 3 is 2.46 bits per heavy atom. The van der Waals surface area contributed by atoms with E-state index in [4.69, 9.17) is 0 Å². The highest BCUT2D eigenvalue weighted by Gasteiger charge is 2.34. The van der Waals surface area contributed by atoms with E-state index in [1.165, 1.54) is 30.1 Å². The number of nitrogens with one attached hydrogen (secondary N) is 2. The number of amides is 2. The summed E-state index contributed by atoms with van der Waals surface area (Å²) >= 11 is 1.98. The van der Waals surface area contributed by atoms with Crippen molar-refractivity contribution in [3.63, 3.8) is 0 Å². The van der Waals surface area contributed by atoms with E-state index in [9.17, 15) is 22.8 Å². The molecule has 0 spiro atoms. The minimum atomic E-state index is -4.61. The van der Waals surface area contributed by atoms with E-state index in [1.807, 2.05) is 11.8 Å². The zero-order chi connectivity index (χ0) is 20.1. The Morgan fingerprint density at radius 2 is 1.82 bits per heavy atom. The van der Waals surface area contributed by atoms with Gasteiger partial charge in [-0.2, -0.15) is 24.9 Å². The third kappa shape index (κ3) is 5.41. The van der Waals surface area contributed by atoms with Gasteiger partial charge >= 0.3 is 18.0 Å². The third-order valence-corrected chi connectivity index (χ3v) is 6.45. The molecule has 1 aromatic rings. The molecule has 0 aliphatic carbocycles. The number of hydrogen-bond acceptors (Lipinski definition) is 4. The molecule has 3 rings (SSSR count). The van der Waals surface area contributed by atoms with Crippen LogP contribution in [0.3, 0.4) is 0 Å². The molecular weight excluding hydrogens is 391 g/mol. The van der Waals surface area contributed by atoms with Gasteiger partial charge in [-0.05, 0) is 56.2 Å². The van der Waals surface area contributed by atoms with Crippen LogP contribution >= 0.6 is 11.8 Å². The number of piperidine rings is 1. The fraction of sp³-hybridized carbons (Fsp3) is 0.579. The summed E-state index contributed by atoms with van der Waals surface area (Å²) in [4.78, 5) is 26.5. The van der Waals surface area contributed by atoms with Gasteiger partial charge in [0.2, 0.25) is 0 Å². The highest BCUT2D eigenvalue weighted by molar-refractivity contribution is 7.99. The second-order valence-electron chi connectivity index (χ2n) is 7.20. The Hall–Kier alpha value is -1.74. The topological polar surface area (TPSA) is 61.4 Å². The molecule has 1 unspecified atom stereocenters. The molecule has 2 N–H and O–H groups in total. The van der Waals surface area contributed by atoms with Crippen LogP contribution in [0.1, 0.15) is 24.8 Å². The maximum atomic E-state index is 13.0. The molecular formula is C19H24F3N3O2S. The van der Waals surface area contributed by atoms with Crippen LogP contribution in [-0.2, 0) is 15.8 Å². The zero-order valence-corrected chi connectivity index (χ0v) is 16.2. The number of benzene rings is 1. The molecule has 0 saturated carbocycles. The Morgan fingerprint density at radius 1 is 1.11 bits per heavy atom. The summed E-state index contributed by atoms with van der Waals surface area (Å²) in [5, 5.41) is 4.63. The average Bonchev–Trinajstić information content (AvgIpc) is 3.21. The molecule has 2 amide bonds. The lowest BCUT2D eigenvalue weighted by atomic mass is 9.95. The number of alkyl halides is 3. The van der Waals surface area contributed by atoms with Crippen LogP contribution in [0.15, 0.2) is 24.3 Å². The van der Waals surface area contributed by atoms with E-state index in [0.29, 0.717) is 12.6 Å². The number of nitrogens with zero attached hydrogens (tertiary/aromatic N) is 1. The highest BCUT2D eigenvalue weighted by Crippen LogP contribution is 2.34. The van der Waals surface area contributed by atoms with Gasteiger partial charge in [0, 0.05) is 18.3 Å². The maximum absolute atomic E-state index is 13.0. The van der Waals surface area contributed by atoms with Gasteiger partial charge in [-0.3, -0.25) is 14.5 Å². The van der Waals surface area contributed by atoms with Crippen LogP contribution in [-0.4, -0.2) is 53.9 Å². The lowest BCUT2D eigenvalue weighted by molar-refractivity contribution is -0.138. The van der Waals surface area contributed by atoms with Crippen molar-refractivity contribution in [1.29, 1.82) is 0 Å². The van der Waals surface area contributed by atoms with Gasteiger partial charge in [0.1, 0.15) is 0 Å². The summed E-state index contributed by atoms with van der Waals surface area (Å²) in [6.07, 6.45) is -1.49. The average molecular weight is 415 g/mol. The summed E-state index contributed by atoms with van der Waals surface area (Å²) in [5.74, 6) is 0.682. The van der Waals surface area contributed by atoms with Crippen LogP contribution in [0, 0.1) is 5.92 Å². The molecule has 2 aliphatic rings. The summed E-state index contributed by atoms with van der Waals surface area (Å²) in [6.45, 7) is 2.33. The van der Waals surface area contributed by atoms with Crippen molar-refractivity contribution in [1.82, 2.24) is 10.2 Å². The first kappa shape index (κ1) is 21.0. The zero-order valence-electron chi connectivity index (χ0n) is 15.4. The SMILES string of the molecule is O=C(NCC1CCN(C2CCSC2)CC1)C(=O)Nc1ccccc1C(F)(F)F. The fourth-order valence-corrected chi connectivity index (χ4v) is 4.92. The normalized spacial score (nSPS) is 21.5. The predicted octanol–water partition coefficient (Wildman–Crippen LogP) is 2.98. The van der Waals surface area contributed by atoms with Crippen molar-refractivity contribution in [2.24, 2.45) is 5.92 Å². The van der Waals surface area contributed by atoms with E-state index in [0.717, 1.165) is 38.1 Å². The summed E-state index contributed by atoms with van der Waals surface area (Å²) in [5.41, 5.74) is -1.40. The molecule has 9 heteroatoms. The monoisotopic (exact) mass is 415 g/mol. The van der Waals surface area contributed by atoms with Crippen LogP contribution in [0.2, 0.25) is 0 Å². The molecule has 2 saturated heterocycles. The largest absolute Gasteiger partial charge is 0.418 e. The van der Waals surface area contributed by atoms with E-state index < -0.39 is 29.2 Å². The molecule has 5 nitrogen and oxygen atoms in total. The molecule has 0 bridgehead atoms. The number of halogens is 3. The Kier molecular flexibility index (Phi) is 6.87. The molecule has 2 aliphatic heterocycles. The van der Waals surface area contributed by atoms with Crippen LogP contribution in [0.4, 0.5) is 18.9 Å². The van der Waals surface area contributed by atoms with Gasteiger partial charge in [0.15, 0.2) is 0 Å². The maximum Gasteiger partial charge on any atom is 0.418 e. The molecule has 2 heterocycles. The first-order chi connectivity index (χ1) is 13.3. The standard InChI is InChI=1S/C19H24F3N3O2S/c20-19(21,22)15-3-1-2-4-16(15)24-18(27)17(26)23-11-13-5-8-25(9-6-13)14-7-10-28-12-14/h1-4,13-14H,5-12H2,(H,23,26)(H,24,27). The van der Waals surface area contributed by atoms with Crippen LogP contribution in [0.5, 0.6) is 0 Å². The van der Waals surface area contributed by atoms with Crippen LogP contribution in [0.25, 0.3) is 0 Å². The minimum absolute atomic E-state index is 0.282. The minimum Gasteiger partial charge on any atom is -0.348 e. The van der Waals surface area contributed by atoms with Gasteiger partial charge in [-0.15, -0.1) is 0 Å². The lowest BCUT2D eigenvalue weighted by Crippen LogP contribution is -2.45. The number of likely N-dealkylation sites (tertiary alicyclic amines) is 1. The molecule has 2 fully saturated rings. The van der Waals surface area contributed by atoms with Crippen molar-refractivity contribution < 1.29 is 22.8 Å².